The van der Waals surface area contributed by atoms with Gasteiger partial charge in [0.1, 0.15) is 0 Å². The molecule has 1 rings (SSSR count). The average Bonchev–Trinajstić information content (AvgIpc) is 2.35. The molecule has 0 radical (unpaired) electrons. The molecule has 0 saturated heterocycles. The highest BCUT2D eigenvalue weighted by molar-refractivity contribution is 5.43. The standard InChI is InChI=1S/C11H22N6O/c1-8(18)6-7-17(5)11-14-9(12-2)13-10(15-11)16(3)4/h8,18H,6-7H2,1-5H3,(H,12,13,14,15). The van der Waals surface area contributed by atoms with Gasteiger partial charge in [0, 0.05) is 34.7 Å². The first-order valence-electron chi connectivity index (χ1n) is 5.94. The van der Waals surface area contributed by atoms with Gasteiger partial charge in [-0.2, -0.15) is 15.0 Å². The van der Waals surface area contributed by atoms with Gasteiger partial charge in [-0.3, -0.25) is 0 Å². The lowest BCUT2D eigenvalue weighted by Crippen LogP contribution is -2.25. The predicted molar refractivity (Wildman–Crippen MR) is 73.3 cm³/mol. The van der Waals surface area contributed by atoms with Crippen molar-refractivity contribution < 1.29 is 5.11 Å². The van der Waals surface area contributed by atoms with Gasteiger partial charge in [-0.15, -0.1) is 0 Å². The Morgan fingerprint density at radius 1 is 1.17 bits per heavy atom. The second kappa shape index (κ2) is 6.34. The second-order valence-corrected chi connectivity index (χ2v) is 4.46. The number of anilines is 3. The molecular weight excluding hydrogens is 232 g/mol. The van der Waals surface area contributed by atoms with Gasteiger partial charge in [0.15, 0.2) is 0 Å². The van der Waals surface area contributed by atoms with E-state index in [1.54, 1.807) is 14.0 Å². The lowest BCUT2D eigenvalue weighted by Gasteiger charge is -2.20. The number of aliphatic hydroxyl groups excluding tert-OH is 1. The van der Waals surface area contributed by atoms with Gasteiger partial charge in [-0.05, 0) is 13.3 Å². The summed E-state index contributed by atoms with van der Waals surface area (Å²) in [5.41, 5.74) is 0. The molecule has 0 bridgehead atoms. The van der Waals surface area contributed by atoms with Crippen molar-refractivity contribution in [3.63, 3.8) is 0 Å². The zero-order valence-corrected chi connectivity index (χ0v) is 11.7. The van der Waals surface area contributed by atoms with Crippen molar-refractivity contribution in [2.24, 2.45) is 0 Å². The maximum atomic E-state index is 9.29. The lowest BCUT2D eigenvalue weighted by molar-refractivity contribution is 0.186. The van der Waals surface area contributed by atoms with Gasteiger partial charge in [-0.25, -0.2) is 0 Å². The molecule has 102 valence electrons. The molecule has 7 nitrogen and oxygen atoms in total. The molecule has 0 spiro atoms. The van der Waals surface area contributed by atoms with E-state index in [9.17, 15) is 5.11 Å². The lowest BCUT2D eigenvalue weighted by atomic mass is 10.3. The summed E-state index contributed by atoms with van der Waals surface area (Å²) >= 11 is 0. The molecule has 2 N–H and O–H groups in total. The Bertz CT molecular complexity index is 382. The number of aliphatic hydroxyl groups is 1. The van der Waals surface area contributed by atoms with E-state index in [0.29, 0.717) is 30.8 Å². The van der Waals surface area contributed by atoms with E-state index >= 15 is 0 Å². The molecule has 7 heteroatoms. The molecule has 0 aliphatic carbocycles. The fourth-order valence-corrected chi connectivity index (χ4v) is 1.32. The van der Waals surface area contributed by atoms with Crippen LogP contribution in [-0.2, 0) is 0 Å². The second-order valence-electron chi connectivity index (χ2n) is 4.46. The van der Waals surface area contributed by atoms with E-state index in [1.807, 2.05) is 30.9 Å². The fraction of sp³-hybridized carbons (Fsp3) is 0.727. The van der Waals surface area contributed by atoms with Crippen LogP contribution in [0, 0.1) is 0 Å². The average molecular weight is 254 g/mol. The van der Waals surface area contributed by atoms with E-state index in [-0.39, 0.29) is 6.10 Å². The van der Waals surface area contributed by atoms with Crippen LogP contribution in [0.25, 0.3) is 0 Å². The Kier molecular flexibility index (Phi) is 5.08. The highest BCUT2D eigenvalue weighted by Gasteiger charge is 2.11. The Hall–Kier alpha value is -1.63. The molecular formula is C11H22N6O. The van der Waals surface area contributed by atoms with Crippen LogP contribution in [0.4, 0.5) is 17.8 Å². The fourth-order valence-electron chi connectivity index (χ4n) is 1.32. The van der Waals surface area contributed by atoms with Gasteiger partial charge < -0.3 is 20.2 Å². The van der Waals surface area contributed by atoms with Crippen LogP contribution in [-0.4, -0.2) is 60.9 Å². The molecule has 18 heavy (non-hydrogen) atoms. The van der Waals surface area contributed by atoms with E-state index in [2.05, 4.69) is 20.3 Å². The summed E-state index contributed by atoms with van der Waals surface area (Å²) in [4.78, 5) is 16.6. The molecule has 0 aliphatic rings. The van der Waals surface area contributed by atoms with Crippen molar-refractivity contribution in [1.82, 2.24) is 15.0 Å². The molecule has 1 atom stereocenters. The predicted octanol–water partition coefficient (Wildman–Crippen LogP) is 0.186. The van der Waals surface area contributed by atoms with E-state index in [0.717, 1.165) is 0 Å². The zero-order valence-electron chi connectivity index (χ0n) is 11.7. The molecule has 0 fully saturated rings. The zero-order chi connectivity index (χ0) is 13.7. The van der Waals surface area contributed by atoms with Crippen LogP contribution in [0.3, 0.4) is 0 Å². The van der Waals surface area contributed by atoms with Gasteiger partial charge in [0.05, 0.1) is 6.10 Å². The van der Waals surface area contributed by atoms with Crippen LogP contribution >= 0.6 is 0 Å². The Balaban J connectivity index is 2.89. The number of hydrogen-bond donors (Lipinski definition) is 2. The van der Waals surface area contributed by atoms with Crippen LogP contribution in [0.1, 0.15) is 13.3 Å². The molecule has 1 heterocycles. The summed E-state index contributed by atoms with van der Waals surface area (Å²) in [5, 5.41) is 12.2. The van der Waals surface area contributed by atoms with Crippen molar-refractivity contribution in [1.29, 1.82) is 0 Å². The monoisotopic (exact) mass is 254 g/mol. The van der Waals surface area contributed by atoms with Gasteiger partial charge in [0.25, 0.3) is 0 Å². The molecule has 0 aliphatic heterocycles. The van der Waals surface area contributed by atoms with E-state index in [1.165, 1.54) is 0 Å². The van der Waals surface area contributed by atoms with Crippen LogP contribution in [0.5, 0.6) is 0 Å². The summed E-state index contributed by atoms with van der Waals surface area (Å²) in [7, 11) is 7.44. The van der Waals surface area contributed by atoms with Crippen molar-refractivity contribution >= 4 is 17.8 Å². The third kappa shape index (κ3) is 3.99. The van der Waals surface area contributed by atoms with Crippen LogP contribution < -0.4 is 15.1 Å². The quantitative estimate of drug-likeness (QED) is 0.750. The number of aromatic nitrogens is 3. The van der Waals surface area contributed by atoms with E-state index in [4.69, 9.17) is 0 Å². The highest BCUT2D eigenvalue weighted by Crippen LogP contribution is 2.14. The Labute approximate surface area is 108 Å². The molecule has 0 saturated carbocycles. The summed E-state index contributed by atoms with van der Waals surface area (Å²) in [6.45, 7) is 2.46. The van der Waals surface area contributed by atoms with Gasteiger partial charge in [0.2, 0.25) is 17.8 Å². The molecule has 1 aromatic rings. The number of hydrogen-bond acceptors (Lipinski definition) is 7. The first-order chi connectivity index (χ1) is 8.43. The Morgan fingerprint density at radius 2 is 1.78 bits per heavy atom. The normalized spacial score (nSPS) is 12.1. The Morgan fingerprint density at radius 3 is 2.28 bits per heavy atom. The summed E-state index contributed by atoms with van der Waals surface area (Å²) < 4.78 is 0. The SMILES string of the molecule is CNc1nc(N(C)C)nc(N(C)CCC(C)O)n1. The molecule has 1 aromatic heterocycles. The third-order valence-electron chi connectivity index (χ3n) is 2.46. The van der Waals surface area contributed by atoms with Gasteiger partial charge in [-0.1, -0.05) is 0 Å². The molecule has 0 aromatic carbocycles. The number of nitrogens with zero attached hydrogens (tertiary/aromatic N) is 5. The van der Waals surface area contributed by atoms with Crippen LogP contribution in [0.15, 0.2) is 0 Å². The van der Waals surface area contributed by atoms with Gasteiger partial charge >= 0.3 is 0 Å². The van der Waals surface area contributed by atoms with Crippen molar-refractivity contribution in [3.8, 4) is 0 Å². The largest absolute Gasteiger partial charge is 0.393 e. The first kappa shape index (κ1) is 14.4. The smallest absolute Gasteiger partial charge is 0.231 e. The van der Waals surface area contributed by atoms with Crippen molar-refractivity contribution in [2.75, 3.05) is 49.9 Å². The van der Waals surface area contributed by atoms with Crippen molar-refractivity contribution in [2.45, 2.75) is 19.4 Å². The minimum atomic E-state index is -0.327. The van der Waals surface area contributed by atoms with Crippen molar-refractivity contribution in [3.05, 3.63) is 0 Å². The minimum absolute atomic E-state index is 0.327. The van der Waals surface area contributed by atoms with Crippen LogP contribution in [0.2, 0.25) is 0 Å². The minimum Gasteiger partial charge on any atom is -0.393 e. The molecule has 1 unspecified atom stereocenters. The topological polar surface area (TPSA) is 77.4 Å². The summed E-state index contributed by atoms with van der Waals surface area (Å²) in [6.07, 6.45) is 0.348. The number of nitrogens with one attached hydrogen (secondary N) is 1. The van der Waals surface area contributed by atoms with E-state index < -0.39 is 0 Å². The molecule has 0 amide bonds. The number of rotatable bonds is 6. The summed E-state index contributed by atoms with van der Waals surface area (Å²) in [6, 6.07) is 0. The summed E-state index contributed by atoms with van der Waals surface area (Å²) in [5.74, 6) is 1.74. The maximum Gasteiger partial charge on any atom is 0.231 e. The third-order valence-corrected chi connectivity index (χ3v) is 2.46. The highest BCUT2D eigenvalue weighted by atomic mass is 16.3. The maximum absolute atomic E-state index is 9.29. The first-order valence-corrected chi connectivity index (χ1v) is 5.94.